The van der Waals surface area contributed by atoms with Crippen LogP contribution in [0.25, 0.3) is 17.2 Å². The second kappa shape index (κ2) is 8.24. The number of carbonyl (C=O) groups is 1. The molecule has 0 spiro atoms. The van der Waals surface area contributed by atoms with E-state index in [0.29, 0.717) is 22.2 Å². The molecule has 1 amide bonds. The lowest BCUT2D eigenvalue weighted by Gasteiger charge is -2.30. The van der Waals surface area contributed by atoms with Crippen molar-refractivity contribution < 1.29 is 9.53 Å². The summed E-state index contributed by atoms with van der Waals surface area (Å²) in [4.78, 5) is 14.6. The maximum atomic E-state index is 12.5. The molecule has 0 bridgehead atoms. The van der Waals surface area contributed by atoms with Crippen LogP contribution in [0, 0.1) is 0 Å². The fraction of sp³-hybridized carbons (Fsp3) is 0.0952. The van der Waals surface area contributed by atoms with Gasteiger partial charge in [-0.2, -0.15) is 0 Å². The van der Waals surface area contributed by atoms with Crippen LogP contribution >= 0.6 is 24.4 Å². The van der Waals surface area contributed by atoms with E-state index in [1.54, 1.807) is 24.2 Å². The lowest BCUT2D eigenvalue weighted by Crippen LogP contribution is -2.53. The summed E-state index contributed by atoms with van der Waals surface area (Å²) in [5.41, 5.74) is 3.30. The van der Waals surface area contributed by atoms with Gasteiger partial charge >= 0.3 is 0 Å². The van der Waals surface area contributed by atoms with Gasteiger partial charge < -0.3 is 9.64 Å². The Kier molecular flexibility index (Phi) is 5.78. The van der Waals surface area contributed by atoms with E-state index in [0.717, 1.165) is 22.4 Å². The number of amides is 1. The van der Waals surface area contributed by atoms with Crippen LogP contribution in [0.2, 0.25) is 0 Å². The zero-order valence-corrected chi connectivity index (χ0v) is 16.4. The number of nitrogens with zero attached hydrogens (tertiary/aromatic N) is 1. The van der Waals surface area contributed by atoms with Crippen molar-refractivity contribution in [2.75, 3.05) is 13.7 Å². The third kappa shape index (κ3) is 3.97. The number of rotatable bonds is 5. The van der Waals surface area contributed by atoms with E-state index in [-0.39, 0.29) is 5.91 Å². The molecule has 6 heteroatoms. The first-order chi connectivity index (χ1) is 13.0. The molecule has 0 saturated carbocycles. The van der Waals surface area contributed by atoms with Crippen molar-refractivity contribution in [2.24, 2.45) is 0 Å². The van der Waals surface area contributed by atoms with E-state index < -0.39 is 0 Å². The lowest BCUT2D eigenvalue weighted by molar-refractivity contribution is -0.115. The molecule has 0 aromatic heterocycles. The molecule has 1 aliphatic rings. The number of methoxy groups -OCH3 is 1. The fourth-order valence-corrected chi connectivity index (χ4v) is 3.43. The maximum Gasteiger partial charge on any atom is 0.260 e. The molecule has 1 heterocycles. The highest BCUT2D eigenvalue weighted by Crippen LogP contribution is 2.28. The second-order valence-electron chi connectivity index (χ2n) is 5.84. The molecule has 2 aromatic rings. The number of thiocarbonyl (C=S) groups is 2. The predicted octanol–water partition coefficient (Wildman–Crippen LogP) is 3.98. The van der Waals surface area contributed by atoms with Gasteiger partial charge in [0, 0.05) is 6.54 Å². The number of hydrogen-bond acceptors (Lipinski definition) is 4. The van der Waals surface area contributed by atoms with Crippen LogP contribution in [0.4, 0.5) is 0 Å². The smallest absolute Gasteiger partial charge is 0.260 e. The molecule has 1 fully saturated rings. The largest absolute Gasteiger partial charge is 0.497 e. The molecule has 3 rings (SSSR count). The quantitative estimate of drug-likeness (QED) is 0.472. The summed E-state index contributed by atoms with van der Waals surface area (Å²) in [7, 11) is 1.63. The molecule has 1 N–H and O–H groups in total. The number of nitrogens with one attached hydrogen (secondary N) is 1. The molecule has 0 atom stereocenters. The summed E-state index contributed by atoms with van der Waals surface area (Å²) >= 11 is 10.7. The van der Waals surface area contributed by atoms with Crippen molar-refractivity contribution in [1.29, 1.82) is 0 Å². The van der Waals surface area contributed by atoms with Crippen molar-refractivity contribution >= 4 is 46.5 Å². The Hall–Kier alpha value is -2.83. The Bertz CT molecular complexity index is 949. The first-order valence-electron chi connectivity index (χ1n) is 8.28. The van der Waals surface area contributed by atoms with Gasteiger partial charge in [0.2, 0.25) is 0 Å². The number of carbonyl (C=O) groups excluding carboxylic acids is 1. The molecule has 0 aliphatic carbocycles. The van der Waals surface area contributed by atoms with Crippen molar-refractivity contribution in [2.45, 2.75) is 0 Å². The highest BCUT2D eigenvalue weighted by Gasteiger charge is 2.29. The monoisotopic (exact) mass is 394 g/mol. The molecule has 136 valence electrons. The fourth-order valence-electron chi connectivity index (χ4n) is 2.80. The lowest BCUT2D eigenvalue weighted by atomic mass is 9.97. The van der Waals surface area contributed by atoms with Crippen LogP contribution in [0.5, 0.6) is 5.75 Å². The molecule has 0 unspecified atom stereocenters. The van der Waals surface area contributed by atoms with Crippen molar-refractivity contribution in [3.05, 3.63) is 72.3 Å². The summed E-state index contributed by atoms with van der Waals surface area (Å²) in [5, 5.41) is 2.98. The van der Waals surface area contributed by atoms with Crippen LogP contribution < -0.4 is 10.1 Å². The van der Waals surface area contributed by atoms with Gasteiger partial charge in [-0.3, -0.25) is 10.1 Å². The molecule has 27 heavy (non-hydrogen) atoms. The van der Waals surface area contributed by atoms with E-state index >= 15 is 0 Å². The minimum absolute atomic E-state index is 0.296. The van der Waals surface area contributed by atoms with E-state index in [2.05, 4.69) is 11.9 Å². The van der Waals surface area contributed by atoms with Gasteiger partial charge in [-0.05, 0) is 47.1 Å². The average molecular weight is 395 g/mol. The topological polar surface area (TPSA) is 41.6 Å². The molecular formula is C21H18N2O2S2. The first-order valence-corrected chi connectivity index (χ1v) is 9.10. The summed E-state index contributed by atoms with van der Waals surface area (Å²) in [5.74, 6) is 0.492. The molecule has 1 saturated heterocycles. The van der Waals surface area contributed by atoms with Gasteiger partial charge in [-0.25, -0.2) is 0 Å². The third-order valence-electron chi connectivity index (χ3n) is 4.16. The Morgan fingerprint density at radius 3 is 2.52 bits per heavy atom. The van der Waals surface area contributed by atoms with E-state index in [4.69, 9.17) is 29.2 Å². The van der Waals surface area contributed by atoms with Gasteiger partial charge in [0.25, 0.3) is 5.91 Å². The van der Waals surface area contributed by atoms with Crippen molar-refractivity contribution in [3.8, 4) is 16.9 Å². The van der Waals surface area contributed by atoms with Gasteiger partial charge in [-0.1, -0.05) is 54.7 Å². The molecule has 4 nitrogen and oxygen atoms in total. The van der Waals surface area contributed by atoms with Crippen LogP contribution in [-0.2, 0) is 4.79 Å². The average Bonchev–Trinajstić information content (AvgIpc) is 2.69. The minimum atomic E-state index is -0.296. The summed E-state index contributed by atoms with van der Waals surface area (Å²) < 4.78 is 5.22. The normalized spacial score (nSPS) is 15.7. The molecule has 1 aliphatic heterocycles. The van der Waals surface area contributed by atoms with E-state index in [1.807, 2.05) is 48.5 Å². The Labute approximate surface area is 169 Å². The molecule has 0 radical (unpaired) electrons. The minimum Gasteiger partial charge on any atom is -0.497 e. The highest BCUT2D eigenvalue weighted by molar-refractivity contribution is 7.82. The Morgan fingerprint density at radius 2 is 1.85 bits per heavy atom. The van der Waals surface area contributed by atoms with Crippen LogP contribution in [0.3, 0.4) is 0 Å². The van der Waals surface area contributed by atoms with Gasteiger partial charge in [0.05, 0.1) is 12.7 Å². The van der Waals surface area contributed by atoms with Crippen LogP contribution in [0.1, 0.15) is 5.56 Å². The van der Waals surface area contributed by atoms with E-state index in [9.17, 15) is 4.79 Å². The summed E-state index contributed by atoms with van der Waals surface area (Å²) in [6, 6.07) is 15.6. The van der Waals surface area contributed by atoms with Crippen molar-refractivity contribution in [3.63, 3.8) is 0 Å². The second-order valence-corrected chi connectivity index (χ2v) is 6.61. The van der Waals surface area contributed by atoms with Gasteiger partial charge in [-0.15, -0.1) is 6.58 Å². The third-order valence-corrected chi connectivity index (χ3v) is 4.92. The summed E-state index contributed by atoms with van der Waals surface area (Å²) in [6.45, 7) is 4.16. The maximum absolute atomic E-state index is 12.5. The molecular weight excluding hydrogens is 376 g/mol. The highest BCUT2D eigenvalue weighted by atomic mass is 32.1. The zero-order valence-electron chi connectivity index (χ0n) is 14.8. The zero-order chi connectivity index (χ0) is 19.4. The first kappa shape index (κ1) is 18.9. The van der Waals surface area contributed by atoms with E-state index in [1.165, 1.54) is 0 Å². The van der Waals surface area contributed by atoms with Crippen molar-refractivity contribution in [1.82, 2.24) is 10.2 Å². The van der Waals surface area contributed by atoms with Crippen LogP contribution in [0.15, 0.2) is 66.8 Å². The van der Waals surface area contributed by atoms with Gasteiger partial charge in [0.15, 0.2) is 5.11 Å². The van der Waals surface area contributed by atoms with Gasteiger partial charge in [0.1, 0.15) is 10.7 Å². The standard InChI is InChI=1S/C21H18N2O2S2/c1-3-12-23-20(26)18(19(24)22-21(23)27)13-15-6-4-5-7-17(15)14-8-10-16(25-2)11-9-14/h3-11,13H,1,12H2,2H3,(H,22,24,27). The molecule has 2 aromatic carbocycles. The predicted molar refractivity (Wildman–Crippen MR) is 117 cm³/mol. The number of ether oxygens (including phenoxy) is 1. The number of hydrogen-bond donors (Lipinski definition) is 1. The SMILES string of the molecule is C=CCN1C(=S)NC(=O)C(=Cc2ccccc2-c2ccc(OC)cc2)C1=S. The summed E-state index contributed by atoms with van der Waals surface area (Å²) in [6.07, 6.45) is 3.49. The Balaban J connectivity index is 2.03. The number of benzene rings is 2. The van der Waals surface area contributed by atoms with Crippen LogP contribution in [-0.4, -0.2) is 34.6 Å². The Morgan fingerprint density at radius 1 is 1.15 bits per heavy atom.